The Bertz CT molecular complexity index is 5870. The third-order valence-electron chi connectivity index (χ3n) is 17.0. The van der Waals surface area contributed by atoms with Crippen molar-refractivity contribution in [1.82, 2.24) is 58.1 Å². The van der Waals surface area contributed by atoms with Gasteiger partial charge < -0.3 is 15.3 Å². The molecule has 0 aliphatic rings. The summed E-state index contributed by atoms with van der Waals surface area (Å²) in [7, 11) is 0. The third-order valence-corrected chi connectivity index (χ3v) is 17.0. The van der Waals surface area contributed by atoms with Crippen molar-refractivity contribution in [3.8, 4) is 40.0 Å². The van der Waals surface area contributed by atoms with Crippen molar-refractivity contribution in [1.29, 1.82) is 0 Å². The monoisotopic (exact) mass is 1400 g/mol. The van der Waals surface area contributed by atoms with E-state index < -0.39 is 0 Å². The van der Waals surface area contributed by atoms with Crippen LogP contribution in [0.15, 0.2) is 293 Å². The molecule has 0 atom stereocenters. The number of hydrogen-bond donors (Lipinski definition) is 3. The summed E-state index contributed by atoms with van der Waals surface area (Å²) in [5.74, 6) is 2.27. The minimum absolute atomic E-state index is 0.0735. The van der Waals surface area contributed by atoms with Crippen molar-refractivity contribution in [2.75, 3.05) is 0 Å². The summed E-state index contributed by atoms with van der Waals surface area (Å²) in [6.07, 6.45) is 27.8. The van der Waals surface area contributed by atoms with Gasteiger partial charge in [-0.15, -0.1) is 0 Å². The van der Waals surface area contributed by atoms with Gasteiger partial charge in [0.05, 0.1) is 66.4 Å². The molecule has 19 heteroatoms. The average molecular weight is 1410 g/mol. The number of benzene rings is 8. The first-order valence-corrected chi connectivity index (χ1v) is 34.0. The van der Waals surface area contributed by atoms with Crippen LogP contribution >= 0.6 is 0 Å². The average Bonchev–Trinajstić information content (AvgIpc) is 0.787. The number of pyridine rings is 4. The zero-order valence-corrected chi connectivity index (χ0v) is 58.4. The maximum absolute atomic E-state index is 13.2. The molecule has 3 N–H and O–H groups in total. The van der Waals surface area contributed by atoms with Gasteiger partial charge in [-0.25, -0.2) is 19.9 Å². The Hall–Kier alpha value is -14.7. The van der Waals surface area contributed by atoms with Crippen LogP contribution in [-0.4, -0.2) is 73.5 Å². The fourth-order valence-electron chi connectivity index (χ4n) is 11.6. The lowest BCUT2D eigenvalue weighted by atomic mass is 10.1. The molecule has 0 aliphatic heterocycles. The summed E-state index contributed by atoms with van der Waals surface area (Å²) >= 11 is 0. The summed E-state index contributed by atoms with van der Waals surface area (Å²) in [5, 5.41) is 31.4. The SMILES string of the molecule is Cc1ccc(/C=C/c2nc3ccncc3c(=O)n2-c2cccc(O)c2)cc1.Cc1ccc(/C=C/c2nc3ccncc3c(=O)n2-c2cccc(O)c2)cc1.Cc1ccc(/C=C/c2nc3ccncc3c(=O)n2-c2cccc(O)c2)cc1.Cc1cccc(-n2c(/C=C/c3ccncc3)nc3ccccc3c2=O)c1. The molecule has 0 amide bonds. The van der Waals surface area contributed by atoms with Crippen LogP contribution in [-0.2, 0) is 0 Å². The smallest absolute Gasteiger partial charge is 0.267 e. The lowest BCUT2D eigenvalue weighted by Crippen LogP contribution is -2.22. The lowest BCUT2D eigenvalue weighted by Gasteiger charge is -2.12. The number of aromatic nitrogens is 12. The number of rotatable bonds is 12. The Morgan fingerprint density at radius 1 is 0.262 bits per heavy atom. The van der Waals surface area contributed by atoms with Crippen LogP contribution in [0.4, 0.5) is 0 Å². The molecule has 8 heterocycles. The van der Waals surface area contributed by atoms with E-state index in [1.807, 2.05) is 192 Å². The molecule has 0 bridgehead atoms. The zero-order chi connectivity index (χ0) is 74.3. The number of para-hydroxylation sites is 1. The van der Waals surface area contributed by atoms with Crippen molar-refractivity contribution >= 4 is 92.2 Å². The van der Waals surface area contributed by atoms with E-state index >= 15 is 0 Å². The van der Waals surface area contributed by atoms with Crippen LogP contribution in [0.2, 0.25) is 0 Å². The highest BCUT2D eigenvalue weighted by atomic mass is 16.3. The highest BCUT2D eigenvalue weighted by molar-refractivity contribution is 5.83. The molecular formula is C88H68N12O7. The zero-order valence-electron chi connectivity index (χ0n) is 58.4. The van der Waals surface area contributed by atoms with E-state index in [0.29, 0.717) is 84.0 Å². The minimum Gasteiger partial charge on any atom is -0.508 e. The van der Waals surface area contributed by atoms with Crippen molar-refractivity contribution in [2.45, 2.75) is 27.7 Å². The molecule has 0 unspecified atom stereocenters. The molecule has 0 saturated heterocycles. The van der Waals surface area contributed by atoms with Crippen LogP contribution in [0.3, 0.4) is 0 Å². The topological polar surface area (TPSA) is 252 Å². The van der Waals surface area contributed by atoms with Crippen molar-refractivity contribution in [2.24, 2.45) is 0 Å². The predicted molar refractivity (Wildman–Crippen MR) is 426 cm³/mol. The maximum Gasteiger partial charge on any atom is 0.267 e. The summed E-state index contributed by atoms with van der Waals surface area (Å²) in [4.78, 5) is 87.1. The molecule has 19 nitrogen and oxygen atoms in total. The molecule has 8 aromatic heterocycles. The second-order valence-electron chi connectivity index (χ2n) is 24.9. The molecule has 8 aromatic carbocycles. The van der Waals surface area contributed by atoms with Crippen molar-refractivity contribution in [3.63, 3.8) is 0 Å². The van der Waals surface area contributed by atoms with E-state index in [-0.39, 0.29) is 39.5 Å². The first-order chi connectivity index (χ1) is 52.1. The third kappa shape index (κ3) is 16.9. The lowest BCUT2D eigenvalue weighted by molar-refractivity contribution is 0.474. The molecule has 0 fully saturated rings. The molecule has 522 valence electrons. The molecular weight excluding hydrogens is 1340 g/mol. The fourth-order valence-corrected chi connectivity index (χ4v) is 11.6. The summed E-state index contributed by atoms with van der Waals surface area (Å²) < 4.78 is 6.10. The maximum atomic E-state index is 13.2. The van der Waals surface area contributed by atoms with Gasteiger partial charge in [0.25, 0.3) is 22.2 Å². The normalized spacial score (nSPS) is 11.3. The molecule has 0 aliphatic carbocycles. The van der Waals surface area contributed by atoms with Gasteiger partial charge in [0.2, 0.25) is 0 Å². The van der Waals surface area contributed by atoms with Crippen LogP contribution in [0.5, 0.6) is 17.2 Å². The number of phenolic OH excluding ortho intramolecular Hbond substituents is 3. The largest absolute Gasteiger partial charge is 0.508 e. The molecule has 0 spiro atoms. The van der Waals surface area contributed by atoms with Crippen molar-refractivity contribution < 1.29 is 15.3 Å². The van der Waals surface area contributed by atoms with Gasteiger partial charge in [-0.05, 0) is 171 Å². The quantitative estimate of drug-likeness (QED) is 0.103. The van der Waals surface area contributed by atoms with Crippen LogP contribution in [0.1, 0.15) is 67.8 Å². The highest BCUT2D eigenvalue weighted by Crippen LogP contribution is 2.24. The Balaban J connectivity index is 0.000000126. The number of phenols is 3. The number of aromatic hydroxyl groups is 3. The second-order valence-corrected chi connectivity index (χ2v) is 24.9. The number of nitrogens with zero attached hydrogens (tertiary/aromatic N) is 12. The predicted octanol–water partition coefficient (Wildman–Crippen LogP) is 16.2. The standard InChI is InChI=1S/3C22H17N3O2.C22H17N3O/c3*1-15-5-7-16(8-6-15)9-10-21-24-20-11-12-23-14-19(20)22(27)25(21)17-3-2-4-18(26)13-17;1-16-5-4-6-18(15-16)25-21(10-9-17-11-13-23-14-12-17)24-20-8-3-2-7-19(20)22(25)26/h3*2-14,26H,1H3;2-15H,1H3/b4*10-9+. The number of aryl methyl sites for hydroxylation is 4. The Labute approximate surface area is 613 Å². The molecule has 16 aromatic rings. The van der Waals surface area contributed by atoms with Crippen LogP contribution in [0, 0.1) is 27.7 Å². The van der Waals surface area contributed by atoms with Gasteiger partial charge in [0.15, 0.2) is 0 Å². The van der Waals surface area contributed by atoms with E-state index in [1.54, 1.807) is 127 Å². The van der Waals surface area contributed by atoms with E-state index in [9.17, 15) is 34.5 Å². The highest BCUT2D eigenvalue weighted by Gasteiger charge is 2.17. The Morgan fingerprint density at radius 3 is 0.888 bits per heavy atom. The first-order valence-electron chi connectivity index (χ1n) is 34.0. The number of hydrogen-bond acceptors (Lipinski definition) is 15. The van der Waals surface area contributed by atoms with Gasteiger partial charge in [-0.1, -0.05) is 156 Å². The molecule has 107 heavy (non-hydrogen) atoms. The Morgan fingerprint density at radius 2 is 0.551 bits per heavy atom. The van der Waals surface area contributed by atoms with E-state index in [4.69, 9.17) is 4.98 Å². The van der Waals surface area contributed by atoms with E-state index in [0.717, 1.165) is 33.5 Å². The van der Waals surface area contributed by atoms with Gasteiger partial charge >= 0.3 is 0 Å². The van der Waals surface area contributed by atoms with Gasteiger partial charge in [-0.3, -0.25) is 57.4 Å². The molecule has 0 saturated carbocycles. The van der Waals surface area contributed by atoms with E-state index in [2.05, 4.69) is 34.9 Å². The molecule has 16 rings (SSSR count). The van der Waals surface area contributed by atoms with Gasteiger partial charge in [0, 0.05) is 67.8 Å². The second kappa shape index (κ2) is 32.5. The van der Waals surface area contributed by atoms with E-state index in [1.165, 1.54) is 67.2 Å². The molecule has 0 radical (unpaired) electrons. The summed E-state index contributed by atoms with van der Waals surface area (Å²) in [5.41, 5.74) is 12.7. The first kappa shape index (κ1) is 70.7. The van der Waals surface area contributed by atoms with Gasteiger partial charge in [-0.2, -0.15) is 0 Å². The summed E-state index contributed by atoms with van der Waals surface area (Å²) in [6.45, 7) is 8.11. The minimum atomic E-state index is -0.234. The van der Waals surface area contributed by atoms with Crippen LogP contribution < -0.4 is 22.2 Å². The fraction of sp³-hybridized carbons (Fsp3) is 0.0455. The summed E-state index contributed by atoms with van der Waals surface area (Å²) in [6, 6.07) is 68.1. The number of fused-ring (bicyclic) bond motifs is 4. The van der Waals surface area contributed by atoms with Crippen LogP contribution in [0.25, 0.3) is 115 Å². The van der Waals surface area contributed by atoms with Crippen molar-refractivity contribution in [3.05, 3.63) is 383 Å². The Kier molecular flexibility index (Phi) is 21.5. The van der Waals surface area contributed by atoms with Gasteiger partial charge in [0.1, 0.15) is 40.5 Å².